The first kappa shape index (κ1) is 65.9. The quantitative estimate of drug-likeness (QED) is 0.0195. The highest BCUT2D eigenvalue weighted by atomic mass is 16.7. The highest BCUT2D eigenvalue weighted by Gasteiger charge is 2.44. The summed E-state index contributed by atoms with van der Waals surface area (Å²) in [5, 5.41) is 54.4. The van der Waals surface area contributed by atoms with Gasteiger partial charge in [-0.25, -0.2) is 0 Å². The lowest BCUT2D eigenvalue weighted by molar-refractivity contribution is -0.302. The molecule has 6 N–H and O–H groups in total. The van der Waals surface area contributed by atoms with Crippen molar-refractivity contribution in [2.75, 3.05) is 19.8 Å². The van der Waals surface area contributed by atoms with Crippen molar-refractivity contribution in [1.82, 2.24) is 5.32 Å². The molecular weight excluding hydrogens is 883 g/mol. The van der Waals surface area contributed by atoms with Crippen LogP contribution in [0.4, 0.5) is 0 Å². The third-order valence-corrected chi connectivity index (χ3v) is 13.7. The highest BCUT2D eigenvalue weighted by Crippen LogP contribution is 2.23. The fourth-order valence-electron chi connectivity index (χ4n) is 9.00. The number of carbonyl (C=O) groups excluding carboxylic acids is 2. The molecule has 0 aromatic carbocycles. The van der Waals surface area contributed by atoms with Crippen LogP contribution >= 0.6 is 0 Å². The lowest BCUT2D eigenvalue weighted by Crippen LogP contribution is -2.60. The van der Waals surface area contributed by atoms with Gasteiger partial charge in [-0.1, -0.05) is 211 Å². The molecule has 1 aliphatic rings. The number of carbonyl (C=O) groups is 2. The predicted molar refractivity (Wildman–Crippen MR) is 287 cm³/mol. The maximum absolute atomic E-state index is 13.0. The highest BCUT2D eigenvalue weighted by molar-refractivity contribution is 5.76. The smallest absolute Gasteiger partial charge is 0.305 e. The lowest BCUT2D eigenvalue weighted by atomic mass is 9.99. The summed E-state index contributed by atoms with van der Waals surface area (Å²) in [5.41, 5.74) is 0. The summed E-state index contributed by atoms with van der Waals surface area (Å²) in [6, 6.07) is -0.823. The largest absolute Gasteiger partial charge is 0.466 e. The average Bonchev–Trinajstić information content (AvgIpc) is 3.36. The van der Waals surface area contributed by atoms with Crippen LogP contribution < -0.4 is 5.32 Å². The van der Waals surface area contributed by atoms with Crippen molar-refractivity contribution in [2.45, 2.75) is 307 Å². The van der Waals surface area contributed by atoms with E-state index in [1.54, 1.807) is 6.08 Å². The summed E-state index contributed by atoms with van der Waals surface area (Å²) >= 11 is 0. The molecular formula is C59H109NO10. The van der Waals surface area contributed by atoms with Gasteiger partial charge in [0.25, 0.3) is 0 Å². The Bertz CT molecular complexity index is 1260. The second-order valence-electron chi connectivity index (χ2n) is 20.3. The van der Waals surface area contributed by atoms with Crippen molar-refractivity contribution < 1.29 is 49.3 Å². The number of allylic oxidation sites excluding steroid dienone is 5. The number of ether oxygens (including phenoxy) is 3. The molecule has 11 heteroatoms. The maximum atomic E-state index is 13.0. The maximum Gasteiger partial charge on any atom is 0.305 e. The topological polar surface area (TPSA) is 175 Å². The second kappa shape index (κ2) is 49.1. The molecule has 410 valence electrons. The molecule has 0 bridgehead atoms. The first-order chi connectivity index (χ1) is 34.2. The Balaban J connectivity index is 2.17. The van der Waals surface area contributed by atoms with Crippen molar-refractivity contribution in [2.24, 2.45) is 0 Å². The Morgan fingerprint density at radius 3 is 1.41 bits per heavy atom. The number of nitrogens with one attached hydrogen (secondary N) is 1. The number of aliphatic hydroxyl groups is 5. The van der Waals surface area contributed by atoms with Gasteiger partial charge in [-0.3, -0.25) is 9.59 Å². The van der Waals surface area contributed by atoms with Gasteiger partial charge in [-0.2, -0.15) is 0 Å². The van der Waals surface area contributed by atoms with E-state index in [2.05, 4.69) is 43.5 Å². The zero-order valence-corrected chi connectivity index (χ0v) is 45.0. The van der Waals surface area contributed by atoms with E-state index in [0.717, 1.165) is 89.9 Å². The molecule has 7 atom stereocenters. The molecule has 70 heavy (non-hydrogen) atoms. The van der Waals surface area contributed by atoms with Crippen molar-refractivity contribution in [3.63, 3.8) is 0 Å². The van der Waals surface area contributed by atoms with Crippen LogP contribution in [-0.4, -0.2) is 100 Å². The van der Waals surface area contributed by atoms with Gasteiger partial charge in [0.15, 0.2) is 6.29 Å². The van der Waals surface area contributed by atoms with Crippen LogP contribution in [0.1, 0.15) is 264 Å². The molecule has 1 rings (SSSR count). The van der Waals surface area contributed by atoms with E-state index in [1.807, 2.05) is 6.08 Å². The molecule has 11 nitrogen and oxygen atoms in total. The lowest BCUT2D eigenvalue weighted by Gasteiger charge is -2.40. The summed E-state index contributed by atoms with van der Waals surface area (Å²) in [7, 11) is 0. The van der Waals surface area contributed by atoms with Crippen LogP contribution in [-0.2, 0) is 23.8 Å². The monoisotopic (exact) mass is 992 g/mol. The second-order valence-corrected chi connectivity index (χ2v) is 20.3. The Morgan fingerprint density at radius 1 is 0.514 bits per heavy atom. The summed E-state index contributed by atoms with van der Waals surface area (Å²) in [6.07, 6.45) is 49.3. The zero-order chi connectivity index (χ0) is 51.0. The molecule has 0 aliphatic carbocycles. The van der Waals surface area contributed by atoms with Crippen LogP contribution in [0, 0.1) is 0 Å². The Labute approximate surface area is 428 Å². The van der Waals surface area contributed by atoms with Crippen LogP contribution in [0.5, 0.6) is 0 Å². The number of amides is 1. The van der Waals surface area contributed by atoms with E-state index in [1.165, 1.54) is 148 Å². The minimum atomic E-state index is -1.58. The zero-order valence-electron chi connectivity index (χ0n) is 45.0. The van der Waals surface area contributed by atoms with E-state index in [-0.39, 0.29) is 18.5 Å². The number of hydrogen-bond acceptors (Lipinski definition) is 10. The standard InChI is InChI=1S/C59H109NO10/c1-3-5-7-9-11-13-15-16-19-22-26-29-33-37-41-45-52(62)51(50-69-59-58(67)57(66)56(65)53(49-61)70-59)60-54(63)46-42-38-34-30-27-23-20-17-18-21-24-28-32-36-40-44-48-68-55(64)47-43-39-35-31-25-14-12-10-8-6-4-2/h10,12,17,20,41,45,51-53,56-59,61-62,65-67H,3-9,11,13-16,18-19,21-40,42-44,46-50H2,1-2H3,(H,60,63)/b12-10-,20-17-,45-41+. The van der Waals surface area contributed by atoms with E-state index in [0.29, 0.717) is 19.4 Å². The Morgan fingerprint density at radius 2 is 0.929 bits per heavy atom. The van der Waals surface area contributed by atoms with Crippen molar-refractivity contribution in [1.29, 1.82) is 0 Å². The summed E-state index contributed by atoms with van der Waals surface area (Å²) in [6.45, 7) is 4.27. The van der Waals surface area contributed by atoms with E-state index in [4.69, 9.17) is 14.2 Å². The molecule has 7 unspecified atom stereocenters. The van der Waals surface area contributed by atoms with Gasteiger partial charge in [-0.15, -0.1) is 0 Å². The van der Waals surface area contributed by atoms with Gasteiger partial charge in [0.1, 0.15) is 24.4 Å². The normalized spacial score (nSPS) is 19.4. The molecule has 1 amide bonds. The molecule has 1 saturated heterocycles. The minimum absolute atomic E-state index is 0.0321. The summed E-state index contributed by atoms with van der Waals surface area (Å²) in [4.78, 5) is 25.1. The van der Waals surface area contributed by atoms with Crippen LogP contribution in [0.2, 0.25) is 0 Å². The van der Waals surface area contributed by atoms with Crippen LogP contribution in [0.15, 0.2) is 36.5 Å². The average molecular weight is 993 g/mol. The van der Waals surface area contributed by atoms with Gasteiger partial charge in [0, 0.05) is 12.8 Å². The summed E-state index contributed by atoms with van der Waals surface area (Å²) < 4.78 is 16.7. The fraction of sp³-hybridized carbons (Fsp3) is 0.864. The van der Waals surface area contributed by atoms with Crippen LogP contribution in [0.25, 0.3) is 0 Å². The van der Waals surface area contributed by atoms with E-state index < -0.39 is 49.5 Å². The van der Waals surface area contributed by atoms with Gasteiger partial charge < -0.3 is 45.1 Å². The number of esters is 1. The van der Waals surface area contributed by atoms with E-state index >= 15 is 0 Å². The SMILES string of the molecule is CCCC/C=C\CCCCCCCC(=O)OCCCCCCCCC/C=C\CCCCCCCC(=O)NC(COC1OC(CO)C(O)C(O)C1O)C(O)/C=C/CCCCCCCCCCCCCCC. The third kappa shape index (κ3) is 38.5. The Kier molecular flexibility index (Phi) is 46.2. The minimum Gasteiger partial charge on any atom is -0.466 e. The molecule has 1 fully saturated rings. The number of hydrogen-bond donors (Lipinski definition) is 6. The Hall–Kier alpha value is -2.12. The fourth-order valence-corrected chi connectivity index (χ4v) is 9.00. The van der Waals surface area contributed by atoms with Crippen LogP contribution in [0.3, 0.4) is 0 Å². The van der Waals surface area contributed by atoms with Crippen molar-refractivity contribution in [3.8, 4) is 0 Å². The van der Waals surface area contributed by atoms with Crippen molar-refractivity contribution in [3.05, 3.63) is 36.5 Å². The van der Waals surface area contributed by atoms with Gasteiger partial charge in [-0.05, 0) is 77.0 Å². The summed E-state index contributed by atoms with van der Waals surface area (Å²) in [5.74, 6) is -0.230. The number of aliphatic hydroxyl groups excluding tert-OH is 5. The van der Waals surface area contributed by atoms with Gasteiger partial charge >= 0.3 is 5.97 Å². The molecule has 1 aliphatic heterocycles. The molecule has 1 heterocycles. The first-order valence-corrected chi connectivity index (χ1v) is 29.3. The third-order valence-electron chi connectivity index (χ3n) is 13.7. The molecule has 0 radical (unpaired) electrons. The molecule has 0 spiro atoms. The number of rotatable bonds is 50. The number of unbranched alkanes of at least 4 members (excludes halogenated alkanes) is 32. The van der Waals surface area contributed by atoms with Gasteiger partial charge in [0.2, 0.25) is 5.91 Å². The molecule has 0 aromatic rings. The molecule has 0 aromatic heterocycles. The molecule has 0 saturated carbocycles. The van der Waals surface area contributed by atoms with Crippen molar-refractivity contribution >= 4 is 11.9 Å². The van der Waals surface area contributed by atoms with Gasteiger partial charge in [0.05, 0.1) is 32.0 Å². The van der Waals surface area contributed by atoms with E-state index in [9.17, 15) is 35.1 Å². The first-order valence-electron chi connectivity index (χ1n) is 29.3. The predicted octanol–water partition coefficient (Wildman–Crippen LogP) is 13.1.